The van der Waals surface area contributed by atoms with Crippen LogP contribution < -0.4 is 20.1 Å². The smallest absolute Gasteiger partial charge is 0.398 e. The fourth-order valence-electron chi connectivity index (χ4n) is 3.93. The number of rotatable bonds is 10. The lowest BCUT2D eigenvalue weighted by atomic mass is 9.97. The molecule has 1 heterocycles. The molecule has 2 aromatic carbocycles. The van der Waals surface area contributed by atoms with Gasteiger partial charge in [0.05, 0.1) is 29.6 Å². The SMILES string of the molecule is CNC(C)c1cc(-c2ccc(F)c(Cl)c2)nc(C(CNC(=O)c2ccc(OC3CC3)c(OC)c2)C(F)(F)F)c1. The molecule has 3 aromatic rings. The lowest BCUT2D eigenvalue weighted by Gasteiger charge is -2.23. The number of halogens is 5. The highest BCUT2D eigenvalue weighted by molar-refractivity contribution is 6.31. The van der Waals surface area contributed by atoms with E-state index in [2.05, 4.69) is 15.6 Å². The summed E-state index contributed by atoms with van der Waals surface area (Å²) in [5.41, 5.74) is 0.933. The molecule has 4 rings (SSSR count). The van der Waals surface area contributed by atoms with Crippen molar-refractivity contribution in [2.75, 3.05) is 20.7 Å². The van der Waals surface area contributed by atoms with E-state index in [9.17, 15) is 22.4 Å². The summed E-state index contributed by atoms with van der Waals surface area (Å²) in [7, 11) is 3.10. The van der Waals surface area contributed by atoms with Gasteiger partial charge in [0.25, 0.3) is 5.91 Å². The highest BCUT2D eigenvalue weighted by Crippen LogP contribution is 2.37. The second-order valence-corrected chi connectivity index (χ2v) is 9.74. The van der Waals surface area contributed by atoms with Crippen LogP contribution in [0.2, 0.25) is 5.02 Å². The van der Waals surface area contributed by atoms with Crippen LogP contribution >= 0.6 is 11.6 Å². The van der Waals surface area contributed by atoms with Crippen LogP contribution in [0.5, 0.6) is 11.5 Å². The van der Waals surface area contributed by atoms with Gasteiger partial charge in [0, 0.05) is 23.7 Å². The Kier molecular flexibility index (Phi) is 8.66. The first-order valence-electron chi connectivity index (χ1n) is 12.3. The highest BCUT2D eigenvalue weighted by Gasteiger charge is 2.42. The van der Waals surface area contributed by atoms with Crippen molar-refractivity contribution in [1.82, 2.24) is 15.6 Å². The fraction of sp³-hybridized carbons (Fsp3) is 0.357. The Labute approximate surface area is 228 Å². The van der Waals surface area contributed by atoms with Crippen LogP contribution in [0.1, 0.15) is 53.3 Å². The standard InChI is InChI=1S/C28H28ClF4N3O3/c1-15(34-2)18-11-23(16-4-8-22(30)21(29)10-16)36-24(12-18)20(28(31,32)33)14-35-27(37)17-5-9-25(26(13-17)38-3)39-19-6-7-19/h4-5,8-13,15,19-20,34H,6-7,14H2,1-3H3,(H,35,37). The molecule has 0 saturated heterocycles. The largest absolute Gasteiger partial charge is 0.493 e. The van der Waals surface area contributed by atoms with Gasteiger partial charge in [0.15, 0.2) is 11.5 Å². The Morgan fingerprint density at radius 3 is 2.49 bits per heavy atom. The molecule has 0 aliphatic heterocycles. The van der Waals surface area contributed by atoms with Gasteiger partial charge in [-0.3, -0.25) is 9.78 Å². The van der Waals surface area contributed by atoms with Crippen LogP contribution in [-0.4, -0.2) is 43.9 Å². The van der Waals surface area contributed by atoms with E-state index >= 15 is 0 Å². The van der Waals surface area contributed by atoms with E-state index < -0.39 is 30.4 Å². The molecule has 1 aromatic heterocycles. The lowest BCUT2D eigenvalue weighted by Crippen LogP contribution is -2.35. The number of hydrogen-bond donors (Lipinski definition) is 2. The zero-order valence-electron chi connectivity index (χ0n) is 21.5. The summed E-state index contributed by atoms with van der Waals surface area (Å²) in [5.74, 6) is -2.68. The molecule has 0 bridgehead atoms. The molecule has 208 valence electrons. The topological polar surface area (TPSA) is 72.5 Å². The summed E-state index contributed by atoms with van der Waals surface area (Å²) in [4.78, 5) is 17.1. The van der Waals surface area contributed by atoms with Gasteiger partial charge in [-0.15, -0.1) is 0 Å². The number of amides is 1. The van der Waals surface area contributed by atoms with Crippen molar-refractivity contribution in [2.24, 2.45) is 0 Å². The number of carbonyl (C=O) groups is 1. The summed E-state index contributed by atoms with van der Waals surface area (Å²) in [6.07, 6.45) is -2.75. The molecule has 11 heteroatoms. The number of pyridine rings is 1. The minimum Gasteiger partial charge on any atom is -0.493 e. The first-order valence-corrected chi connectivity index (χ1v) is 12.7. The Morgan fingerprint density at radius 1 is 1.13 bits per heavy atom. The third-order valence-corrected chi connectivity index (χ3v) is 6.77. The van der Waals surface area contributed by atoms with Gasteiger partial charge in [-0.25, -0.2) is 4.39 Å². The maximum atomic E-state index is 14.3. The molecule has 0 spiro atoms. The molecule has 2 N–H and O–H groups in total. The molecule has 1 aliphatic carbocycles. The first-order chi connectivity index (χ1) is 18.5. The quantitative estimate of drug-likeness (QED) is 0.277. The maximum Gasteiger partial charge on any atom is 0.398 e. The van der Waals surface area contributed by atoms with Crippen molar-refractivity contribution in [2.45, 2.75) is 44.0 Å². The fourth-order valence-corrected chi connectivity index (χ4v) is 4.11. The van der Waals surface area contributed by atoms with E-state index in [4.69, 9.17) is 21.1 Å². The van der Waals surface area contributed by atoms with Gasteiger partial charge in [-0.2, -0.15) is 13.2 Å². The van der Waals surface area contributed by atoms with Gasteiger partial charge in [0.2, 0.25) is 0 Å². The van der Waals surface area contributed by atoms with Gasteiger partial charge >= 0.3 is 6.18 Å². The Hall–Kier alpha value is -3.37. The third-order valence-electron chi connectivity index (χ3n) is 6.48. The third kappa shape index (κ3) is 6.99. The van der Waals surface area contributed by atoms with Crippen LogP contribution in [-0.2, 0) is 0 Å². The van der Waals surface area contributed by atoms with Crippen molar-refractivity contribution in [1.29, 1.82) is 0 Å². The second kappa shape index (κ2) is 11.8. The van der Waals surface area contributed by atoms with Crippen molar-refractivity contribution < 1.29 is 31.8 Å². The Balaban J connectivity index is 1.62. The van der Waals surface area contributed by atoms with E-state index in [0.717, 1.165) is 18.9 Å². The van der Waals surface area contributed by atoms with Crippen LogP contribution in [0.4, 0.5) is 17.6 Å². The number of nitrogens with one attached hydrogen (secondary N) is 2. The van der Waals surface area contributed by atoms with Gasteiger partial charge in [-0.05, 0) is 80.9 Å². The van der Waals surface area contributed by atoms with E-state index in [0.29, 0.717) is 22.6 Å². The van der Waals surface area contributed by atoms with Crippen molar-refractivity contribution in [3.05, 3.63) is 76.2 Å². The number of methoxy groups -OCH3 is 1. The molecule has 0 radical (unpaired) electrons. The number of aromatic nitrogens is 1. The predicted molar refractivity (Wildman–Crippen MR) is 140 cm³/mol. The Bertz CT molecular complexity index is 1350. The monoisotopic (exact) mass is 565 g/mol. The summed E-state index contributed by atoms with van der Waals surface area (Å²) < 4.78 is 67.7. The zero-order valence-corrected chi connectivity index (χ0v) is 22.3. The Morgan fingerprint density at radius 2 is 1.87 bits per heavy atom. The molecular weight excluding hydrogens is 538 g/mol. The molecule has 1 saturated carbocycles. The number of ether oxygens (including phenoxy) is 2. The van der Waals surface area contributed by atoms with Crippen LogP contribution in [0.3, 0.4) is 0 Å². The summed E-state index contributed by atoms with van der Waals surface area (Å²) in [6, 6.07) is 11.0. The van der Waals surface area contributed by atoms with E-state index in [1.807, 2.05) is 0 Å². The van der Waals surface area contributed by atoms with Gasteiger partial charge in [0.1, 0.15) is 11.7 Å². The van der Waals surface area contributed by atoms with Crippen molar-refractivity contribution >= 4 is 17.5 Å². The molecule has 1 amide bonds. The van der Waals surface area contributed by atoms with Gasteiger partial charge < -0.3 is 20.1 Å². The molecule has 1 aliphatic rings. The second-order valence-electron chi connectivity index (χ2n) is 9.34. The van der Waals surface area contributed by atoms with E-state index in [1.165, 1.54) is 37.4 Å². The van der Waals surface area contributed by atoms with Crippen molar-refractivity contribution in [3.63, 3.8) is 0 Å². The number of carbonyl (C=O) groups excluding carboxylic acids is 1. The lowest BCUT2D eigenvalue weighted by molar-refractivity contribution is -0.149. The number of benzene rings is 2. The summed E-state index contributed by atoms with van der Waals surface area (Å²) in [6.45, 7) is 1.04. The van der Waals surface area contributed by atoms with E-state index in [1.54, 1.807) is 26.1 Å². The molecule has 39 heavy (non-hydrogen) atoms. The minimum absolute atomic E-state index is 0.107. The molecular formula is C28H28ClF4N3O3. The molecule has 6 nitrogen and oxygen atoms in total. The highest BCUT2D eigenvalue weighted by atomic mass is 35.5. The summed E-state index contributed by atoms with van der Waals surface area (Å²) in [5, 5.41) is 5.21. The van der Waals surface area contributed by atoms with Crippen LogP contribution in [0.15, 0.2) is 48.5 Å². The predicted octanol–water partition coefficient (Wildman–Crippen LogP) is 6.45. The summed E-state index contributed by atoms with van der Waals surface area (Å²) >= 11 is 5.91. The van der Waals surface area contributed by atoms with Crippen LogP contribution in [0, 0.1) is 5.82 Å². The molecule has 2 atom stereocenters. The number of alkyl halides is 3. The minimum atomic E-state index is -4.72. The average molecular weight is 566 g/mol. The average Bonchev–Trinajstić information content (AvgIpc) is 3.73. The van der Waals surface area contributed by atoms with Crippen LogP contribution in [0.25, 0.3) is 11.3 Å². The molecule has 2 unspecified atom stereocenters. The molecule has 1 fully saturated rings. The maximum absolute atomic E-state index is 14.3. The number of hydrogen-bond acceptors (Lipinski definition) is 5. The first kappa shape index (κ1) is 28.6. The van der Waals surface area contributed by atoms with E-state index in [-0.39, 0.29) is 34.1 Å². The normalized spacial score (nSPS) is 15.0. The van der Waals surface area contributed by atoms with Crippen molar-refractivity contribution in [3.8, 4) is 22.8 Å². The number of nitrogens with zero attached hydrogens (tertiary/aromatic N) is 1. The zero-order chi connectivity index (χ0) is 28.3. The van der Waals surface area contributed by atoms with Gasteiger partial charge in [-0.1, -0.05) is 11.6 Å².